The summed E-state index contributed by atoms with van der Waals surface area (Å²) in [4.78, 5) is 8.00. The van der Waals surface area contributed by atoms with E-state index in [1.54, 1.807) is 30.3 Å². The Bertz CT molecular complexity index is 1530. The summed E-state index contributed by atoms with van der Waals surface area (Å²) < 4.78 is 36.3. The van der Waals surface area contributed by atoms with E-state index in [-0.39, 0.29) is 41.4 Å². The van der Waals surface area contributed by atoms with E-state index in [9.17, 15) is 13.7 Å². The van der Waals surface area contributed by atoms with Gasteiger partial charge in [0.15, 0.2) is 5.75 Å². The van der Waals surface area contributed by atoms with Gasteiger partial charge in [-0.15, -0.1) is 11.6 Å². The molecule has 4 rings (SSSR count). The number of H-pyrrole nitrogens is 1. The van der Waals surface area contributed by atoms with Gasteiger partial charge >= 0.3 is 0 Å². The fourth-order valence-corrected chi connectivity index (χ4v) is 4.04. The number of nitriles is 1. The molecule has 13 heteroatoms. The van der Waals surface area contributed by atoms with Crippen LogP contribution in [0, 0.1) is 11.3 Å². The van der Waals surface area contributed by atoms with Crippen LogP contribution in [0.5, 0.6) is 11.5 Å². The molecule has 0 unspecified atom stereocenters. The molecule has 10 nitrogen and oxygen atoms in total. The largest absolute Gasteiger partial charge is 0.489 e. The number of hydrogen-bond acceptors (Lipinski definition) is 8. The van der Waals surface area contributed by atoms with Crippen molar-refractivity contribution < 1.29 is 17.9 Å². The van der Waals surface area contributed by atoms with Crippen molar-refractivity contribution in [3.05, 3.63) is 58.9 Å². The van der Waals surface area contributed by atoms with Gasteiger partial charge in [0, 0.05) is 23.2 Å². The molecule has 0 bridgehead atoms. The maximum absolute atomic E-state index is 11.4. The van der Waals surface area contributed by atoms with Gasteiger partial charge in [0.2, 0.25) is 16.0 Å². The minimum absolute atomic E-state index is 0.0308. The summed E-state index contributed by atoms with van der Waals surface area (Å²) in [7, 11) is -3.49. The Morgan fingerprint density at radius 2 is 2.03 bits per heavy atom. The van der Waals surface area contributed by atoms with Crippen molar-refractivity contribution in [2.45, 2.75) is 6.61 Å². The van der Waals surface area contributed by atoms with Gasteiger partial charge in [-0.1, -0.05) is 11.6 Å². The zero-order chi connectivity index (χ0) is 25.0. The number of aromatic nitrogens is 4. The normalized spacial score (nSPS) is 11.3. The second kappa shape index (κ2) is 10.4. The number of aromatic amines is 1. The average molecular weight is 533 g/mol. The van der Waals surface area contributed by atoms with E-state index in [1.807, 2.05) is 6.07 Å². The average Bonchev–Trinajstić information content (AvgIpc) is 3.24. The first kappa shape index (κ1) is 24.5. The van der Waals surface area contributed by atoms with Crippen LogP contribution in [0.15, 0.2) is 42.6 Å². The highest BCUT2D eigenvalue weighted by Gasteiger charge is 2.16. The molecule has 0 amide bonds. The lowest BCUT2D eigenvalue weighted by atomic mass is 10.0. The quantitative estimate of drug-likeness (QED) is 0.306. The highest BCUT2D eigenvalue weighted by atomic mass is 35.5. The maximum Gasteiger partial charge on any atom is 0.236 e. The number of rotatable bonds is 9. The Kier molecular flexibility index (Phi) is 7.25. The minimum Gasteiger partial charge on any atom is -0.489 e. The molecule has 0 atom stereocenters. The first-order chi connectivity index (χ1) is 16.8. The molecule has 0 radical (unpaired) electrons. The number of fused-ring (bicyclic) bond motifs is 1. The smallest absolute Gasteiger partial charge is 0.236 e. The third kappa shape index (κ3) is 5.92. The summed E-state index contributed by atoms with van der Waals surface area (Å²) in [6, 6.07) is 12.4. The summed E-state index contributed by atoms with van der Waals surface area (Å²) in [6.45, 7) is 0.326. The van der Waals surface area contributed by atoms with Gasteiger partial charge in [0.05, 0.1) is 33.9 Å². The maximum atomic E-state index is 11.4. The molecule has 0 spiro atoms. The zero-order valence-electron chi connectivity index (χ0n) is 18.2. The summed E-state index contributed by atoms with van der Waals surface area (Å²) in [5.74, 6) is 1.07. The number of ether oxygens (including phenoxy) is 2. The van der Waals surface area contributed by atoms with Gasteiger partial charge in [-0.2, -0.15) is 10.4 Å². The molecule has 35 heavy (non-hydrogen) atoms. The lowest BCUT2D eigenvalue weighted by Gasteiger charge is -2.10. The fraction of sp³-hybridized carbons (Fsp3) is 0.182. The van der Waals surface area contributed by atoms with Crippen LogP contribution < -0.4 is 14.2 Å². The van der Waals surface area contributed by atoms with E-state index in [4.69, 9.17) is 32.7 Å². The van der Waals surface area contributed by atoms with Gasteiger partial charge in [-0.3, -0.25) is 9.82 Å². The molecule has 4 aromatic rings. The predicted octanol–water partition coefficient (Wildman–Crippen LogP) is 4.11. The van der Waals surface area contributed by atoms with Crippen molar-refractivity contribution in [1.82, 2.24) is 20.2 Å². The van der Waals surface area contributed by atoms with Crippen molar-refractivity contribution in [3.8, 4) is 28.8 Å². The molecule has 2 aromatic carbocycles. The number of sulfonamides is 1. The molecule has 180 valence electrons. The van der Waals surface area contributed by atoms with Crippen LogP contribution in [0.25, 0.3) is 22.2 Å². The molecular weight excluding hydrogens is 515 g/mol. The van der Waals surface area contributed by atoms with Crippen LogP contribution in [-0.4, -0.2) is 47.3 Å². The van der Waals surface area contributed by atoms with Crippen LogP contribution in [0.2, 0.25) is 5.02 Å². The van der Waals surface area contributed by atoms with Gasteiger partial charge in [0.25, 0.3) is 0 Å². The number of nitrogens with zero attached hydrogens (tertiary/aromatic N) is 4. The second-order valence-electron chi connectivity index (χ2n) is 7.30. The molecule has 0 fully saturated rings. The Hall–Kier alpha value is -3.59. The number of halogens is 2. The second-order valence-corrected chi connectivity index (χ2v) is 9.83. The van der Waals surface area contributed by atoms with Crippen molar-refractivity contribution in [3.63, 3.8) is 0 Å². The SMILES string of the molecule is CS(=O)(=O)Nc1nccc(COc2ccc3c(-c4cc(Cl)c(OCCCl)c(C#N)c4)n[nH]c3c2)n1. The third-order valence-electron chi connectivity index (χ3n) is 4.67. The van der Waals surface area contributed by atoms with Crippen molar-refractivity contribution in [2.75, 3.05) is 23.5 Å². The summed E-state index contributed by atoms with van der Waals surface area (Å²) >= 11 is 12.0. The van der Waals surface area contributed by atoms with Gasteiger partial charge in [-0.05, 0) is 30.3 Å². The van der Waals surface area contributed by atoms with Crippen LogP contribution >= 0.6 is 23.2 Å². The van der Waals surface area contributed by atoms with Crippen LogP contribution in [0.4, 0.5) is 5.95 Å². The summed E-state index contributed by atoms with van der Waals surface area (Å²) in [5.41, 5.74) is 2.74. The van der Waals surface area contributed by atoms with Crippen LogP contribution in [0.1, 0.15) is 11.3 Å². The van der Waals surface area contributed by atoms with E-state index in [2.05, 4.69) is 31.0 Å². The first-order valence-corrected chi connectivity index (χ1v) is 12.9. The molecule has 2 heterocycles. The highest BCUT2D eigenvalue weighted by molar-refractivity contribution is 7.91. The standard InChI is InChI=1S/C22H18Cl2N6O4S/c1-35(31,32)30-22-26-6-4-15(27-22)12-34-16-2-3-17-19(10-16)28-29-20(17)13-8-14(11-25)21(18(24)9-13)33-7-5-23/h2-4,6,8-10H,5,7,12H2,1H3,(H,28,29)(H,26,27,30). The third-order valence-corrected chi connectivity index (χ3v) is 5.66. The lowest BCUT2D eigenvalue weighted by Crippen LogP contribution is -2.13. The number of alkyl halides is 1. The molecule has 0 saturated heterocycles. The number of anilines is 1. The molecule has 0 saturated carbocycles. The van der Waals surface area contributed by atoms with E-state index >= 15 is 0 Å². The fourth-order valence-electron chi connectivity index (χ4n) is 3.26. The predicted molar refractivity (Wildman–Crippen MR) is 132 cm³/mol. The van der Waals surface area contributed by atoms with Crippen LogP contribution in [-0.2, 0) is 16.6 Å². The van der Waals surface area contributed by atoms with E-state index < -0.39 is 10.0 Å². The molecular formula is C22H18Cl2N6O4S. The van der Waals surface area contributed by atoms with Crippen molar-refractivity contribution >= 4 is 50.1 Å². The van der Waals surface area contributed by atoms with E-state index in [0.717, 1.165) is 11.6 Å². The monoisotopic (exact) mass is 532 g/mol. The number of hydrogen-bond donors (Lipinski definition) is 2. The lowest BCUT2D eigenvalue weighted by molar-refractivity contribution is 0.301. The molecule has 2 aromatic heterocycles. The minimum atomic E-state index is -3.49. The molecule has 0 aliphatic carbocycles. The van der Waals surface area contributed by atoms with E-state index in [0.29, 0.717) is 28.2 Å². The van der Waals surface area contributed by atoms with Crippen molar-refractivity contribution in [2.24, 2.45) is 0 Å². The Morgan fingerprint density at radius 3 is 2.77 bits per heavy atom. The van der Waals surface area contributed by atoms with Gasteiger partial charge < -0.3 is 9.47 Å². The zero-order valence-corrected chi connectivity index (χ0v) is 20.6. The topological polar surface area (TPSA) is 143 Å². The Balaban J connectivity index is 1.55. The molecule has 2 N–H and O–H groups in total. The first-order valence-electron chi connectivity index (χ1n) is 10.1. The molecule has 0 aliphatic heterocycles. The summed E-state index contributed by atoms with van der Waals surface area (Å²) in [5, 5.41) is 18.0. The van der Waals surface area contributed by atoms with E-state index in [1.165, 1.54) is 6.20 Å². The number of nitrogens with one attached hydrogen (secondary N) is 2. The van der Waals surface area contributed by atoms with Gasteiger partial charge in [0.1, 0.15) is 30.7 Å². The Labute approximate surface area is 210 Å². The van der Waals surface area contributed by atoms with Gasteiger partial charge in [-0.25, -0.2) is 18.4 Å². The van der Waals surface area contributed by atoms with Crippen molar-refractivity contribution in [1.29, 1.82) is 5.26 Å². The summed E-state index contributed by atoms with van der Waals surface area (Å²) in [6.07, 6.45) is 2.46. The highest BCUT2D eigenvalue weighted by Crippen LogP contribution is 2.36. The van der Waals surface area contributed by atoms with Crippen LogP contribution in [0.3, 0.4) is 0 Å². The number of benzene rings is 2. The molecule has 0 aliphatic rings. The Morgan fingerprint density at radius 1 is 1.20 bits per heavy atom.